The lowest BCUT2D eigenvalue weighted by atomic mass is 10.1. The van der Waals surface area contributed by atoms with Crippen molar-refractivity contribution in [2.45, 2.75) is 25.8 Å². The van der Waals surface area contributed by atoms with Crippen molar-refractivity contribution >= 4 is 22.9 Å². The Bertz CT molecular complexity index is 662. The summed E-state index contributed by atoms with van der Waals surface area (Å²) in [6.45, 7) is 2.12. The maximum Gasteiger partial charge on any atom is 0.315 e. The summed E-state index contributed by atoms with van der Waals surface area (Å²) < 4.78 is 0. The highest BCUT2D eigenvalue weighted by atomic mass is 32.2. The van der Waals surface area contributed by atoms with Gasteiger partial charge >= 0.3 is 6.03 Å². The summed E-state index contributed by atoms with van der Waals surface area (Å²) >= 11 is 1.24. The van der Waals surface area contributed by atoms with E-state index < -0.39 is 0 Å². The molecule has 0 aliphatic heterocycles. The SMILES string of the molecule is CC(=O)SCC(Cc1ccccc1)NC(=O)NCCc1ccccc1. The molecule has 0 saturated heterocycles. The molecule has 2 aromatic carbocycles. The highest BCUT2D eigenvalue weighted by Gasteiger charge is 2.14. The van der Waals surface area contributed by atoms with Crippen molar-refractivity contribution in [3.63, 3.8) is 0 Å². The van der Waals surface area contributed by atoms with Gasteiger partial charge in [0, 0.05) is 25.3 Å². The van der Waals surface area contributed by atoms with E-state index in [-0.39, 0.29) is 17.2 Å². The molecule has 2 rings (SSSR count). The lowest BCUT2D eigenvalue weighted by molar-refractivity contribution is -0.109. The van der Waals surface area contributed by atoms with E-state index in [1.807, 2.05) is 60.7 Å². The molecule has 2 aromatic rings. The van der Waals surface area contributed by atoms with Gasteiger partial charge in [0.1, 0.15) is 0 Å². The number of thioether (sulfide) groups is 1. The predicted molar refractivity (Wildman–Crippen MR) is 104 cm³/mol. The molecule has 1 unspecified atom stereocenters. The molecular formula is C20H24N2O2S. The van der Waals surface area contributed by atoms with E-state index in [1.54, 1.807) is 6.92 Å². The second-order valence-corrected chi connectivity index (χ2v) is 7.02. The van der Waals surface area contributed by atoms with Crippen molar-refractivity contribution in [2.75, 3.05) is 12.3 Å². The van der Waals surface area contributed by atoms with Gasteiger partial charge < -0.3 is 10.6 Å². The van der Waals surface area contributed by atoms with Crippen LogP contribution >= 0.6 is 11.8 Å². The van der Waals surface area contributed by atoms with Crippen molar-refractivity contribution in [3.8, 4) is 0 Å². The number of rotatable bonds is 8. The minimum atomic E-state index is -0.194. The first kappa shape index (κ1) is 19.1. The molecule has 0 fully saturated rings. The predicted octanol–water partition coefficient (Wildman–Crippen LogP) is 3.42. The maximum atomic E-state index is 12.2. The summed E-state index contributed by atoms with van der Waals surface area (Å²) in [5, 5.41) is 5.93. The summed E-state index contributed by atoms with van der Waals surface area (Å²) in [6, 6.07) is 19.7. The van der Waals surface area contributed by atoms with Gasteiger partial charge in [-0.05, 0) is 24.0 Å². The number of carbonyl (C=O) groups excluding carboxylic acids is 2. The molecule has 0 aliphatic rings. The van der Waals surface area contributed by atoms with Crippen LogP contribution < -0.4 is 10.6 Å². The highest BCUT2D eigenvalue weighted by Crippen LogP contribution is 2.10. The molecule has 0 aliphatic carbocycles. The van der Waals surface area contributed by atoms with Crippen LogP contribution in [0.4, 0.5) is 4.79 Å². The van der Waals surface area contributed by atoms with Crippen LogP contribution in [0.2, 0.25) is 0 Å². The fraction of sp³-hybridized carbons (Fsp3) is 0.300. The minimum Gasteiger partial charge on any atom is -0.338 e. The second kappa shape index (κ2) is 10.6. The molecule has 4 nitrogen and oxygen atoms in total. The van der Waals surface area contributed by atoms with E-state index in [4.69, 9.17) is 0 Å². The van der Waals surface area contributed by atoms with Crippen LogP contribution in [-0.4, -0.2) is 29.5 Å². The van der Waals surface area contributed by atoms with Crippen molar-refractivity contribution in [2.24, 2.45) is 0 Å². The van der Waals surface area contributed by atoms with Gasteiger partial charge in [0.25, 0.3) is 0 Å². The van der Waals surface area contributed by atoms with Crippen LogP contribution in [0.5, 0.6) is 0 Å². The maximum absolute atomic E-state index is 12.2. The van der Waals surface area contributed by atoms with Crippen LogP contribution in [0, 0.1) is 0 Å². The van der Waals surface area contributed by atoms with Gasteiger partial charge in [0.2, 0.25) is 0 Å². The van der Waals surface area contributed by atoms with E-state index in [0.717, 1.165) is 12.0 Å². The average Bonchev–Trinajstić information content (AvgIpc) is 2.61. The molecule has 1 atom stereocenters. The van der Waals surface area contributed by atoms with Crippen molar-refractivity contribution in [1.29, 1.82) is 0 Å². The third-order valence-electron chi connectivity index (χ3n) is 3.69. The molecule has 0 spiro atoms. The Kier molecular flexibility index (Phi) is 8.05. The van der Waals surface area contributed by atoms with Crippen molar-refractivity contribution < 1.29 is 9.59 Å². The van der Waals surface area contributed by atoms with Crippen LogP contribution in [0.25, 0.3) is 0 Å². The fourth-order valence-corrected chi connectivity index (χ4v) is 3.11. The lowest BCUT2D eigenvalue weighted by Gasteiger charge is -2.18. The quantitative estimate of drug-likeness (QED) is 0.762. The first-order chi connectivity index (χ1) is 12.1. The Hall–Kier alpha value is -2.27. The smallest absolute Gasteiger partial charge is 0.315 e. The van der Waals surface area contributed by atoms with Crippen LogP contribution in [0.1, 0.15) is 18.1 Å². The van der Waals surface area contributed by atoms with Gasteiger partial charge in [-0.1, -0.05) is 72.4 Å². The molecule has 2 N–H and O–H groups in total. The first-order valence-corrected chi connectivity index (χ1v) is 9.37. The number of hydrogen-bond acceptors (Lipinski definition) is 3. The Morgan fingerprint density at radius 2 is 1.56 bits per heavy atom. The Balaban J connectivity index is 1.82. The lowest BCUT2D eigenvalue weighted by Crippen LogP contribution is -2.45. The largest absolute Gasteiger partial charge is 0.338 e. The van der Waals surface area contributed by atoms with Crippen LogP contribution in [-0.2, 0) is 17.6 Å². The molecule has 5 heteroatoms. The molecule has 132 valence electrons. The molecule has 0 saturated carbocycles. The summed E-state index contributed by atoms with van der Waals surface area (Å²) in [5.41, 5.74) is 2.33. The summed E-state index contributed by atoms with van der Waals surface area (Å²) in [7, 11) is 0. The topological polar surface area (TPSA) is 58.2 Å². The minimum absolute atomic E-state index is 0.0596. The molecule has 25 heavy (non-hydrogen) atoms. The van der Waals surface area contributed by atoms with Gasteiger partial charge in [-0.15, -0.1) is 0 Å². The molecule has 0 bridgehead atoms. The van der Waals surface area contributed by atoms with Crippen molar-refractivity contribution in [1.82, 2.24) is 10.6 Å². The second-order valence-electron chi connectivity index (χ2n) is 5.83. The summed E-state index contributed by atoms with van der Waals surface area (Å²) in [6.07, 6.45) is 1.49. The Morgan fingerprint density at radius 1 is 0.960 bits per heavy atom. The van der Waals surface area contributed by atoms with Gasteiger partial charge in [0.15, 0.2) is 5.12 Å². The summed E-state index contributed by atoms with van der Waals surface area (Å²) in [4.78, 5) is 23.4. The highest BCUT2D eigenvalue weighted by molar-refractivity contribution is 8.13. The van der Waals surface area contributed by atoms with Crippen LogP contribution in [0.15, 0.2) is 60.7 Å². The average molecular weight is 356 g/mol. The normalized spacial score (nSPS) is 11.6. The number of carbonyl (C=O) groups is 2. The molecule has 0 radical (unpaired) electrons. The zero-order valence-corrected chi connectivity index (χ0v) is 15.2. The van der Waals surface area contributed by atoms with Crippen LogP contribution in [0.3, 0.4) is 0 Å². The van der Waals surface area contributed by atoms with Gasteiger partial charge in [-0.25, -0.2) is 4.79 Å². The molecular weight excluding hydrogens is 332 g/mol. The fourth-order valence-electron chi connectivity index (χ4n) is 2.47. The molecule has 2 amide bonds. The van der Waals surface area contributed by atoms with E-state index in [9.17, 15) is 9.59 Å². The number of urea groups is 1. The standard InChI is InChI=1S/C20H24N2O2S/c1-16(23)25-15-19(14-18-10-6-3-7-11-18)22-20(24)21-13-12-17-8-4-2-5-9-17/h2-11,19H,12-15H2,1H3,(H2,21,22,24). The molecule has 0 aromatic heterocycles. The number of nitrogens with one attached hydrogen (secondary N) is 2. The zero-order chi connectivity index (χ0) is 17.9. The van der Waals surface area contributed by atoms with Crippen molar-refractivity contribution in [3.05, 3.63) is 71.8 Å². The summed E-state index contributed by atoms with van der Waals surface area (Å²) in [5.74, 6) is 0.566. The van der Waals surface area contributed by atoms with E-state index in [2.05, 4.69) is 10.6 Å². The van der Waals surface area contributed by atoms with E-state index in [1.165, 1.54) is 17.3 Å². The third kappa shape index (κ3) is 7.90. The van der Waals surface area contributed by atoms with Gasteiger partial charge in [0.05, 0.1) is 0 Å². The third-order valence-corrected chi connectivity index (χ3v) is 4.67. The number of benzene rings is 2. The molecule has 0 heterocycles. The monoisotopic (exact) mass is 356 g/mol. The zero-order valence-electron chi connectivity index (χ0n) is 14.4. The Labute approximate surface area is 153 Å². The Morgan fingerprint density at radius 3 is 2.16 bits per heavy atom. The van der Waals surface area contributed by atoms with Gasteiger partial charge in [-0.3, -0.25) is 4.79 Å². The number of amides is 2. The van der Waals surface area contributed by atoms with Gasteiger partial charge in [-0.2, -0.15) is 0 Å². The van der Waals surface area contributed by atoms with E-state index in [0.29, 0.717) is 18.7 Å². The first-order valence-electron chi connectivity index (χ1n) is 8.39. The number of hydrogen-bond donors (Lipinski definition) is 2. The van der Waals surface area contributed by atoms with E-state index >= 15 is 0 Å².